The van der Waals surface area contributed by atoms with E-state index in [0.29, 0.717) is 26.1 Å². The van der Waals surface area contributed by atoms with Crippen LogP contribution in [0.5, 0.6) is 0 Å². The van der Waals surface area contributed by atoms with Gasteiger partial charge in [-0.25, -0.2) is 4.79 Å². The lowest BCUT2D eigenvalue weighted by Gasteiger charge is -2.36. The zero-order valence-electron chi connectivity index (χ0n) is 11.0. The van der Waals surface area contributed by atoms with Crippen molar-refractivity contribution in [3.8, 4) is 0 Å². The quantitative estimate of drug-likeness (QED) is 0.801. The van der Waals surface area contributed by atoms with E-state index in [1.165, 1.54) is 6.92 Å². The molecule has 1 heterocycles. The highest BCUT2D eigenvalue weighted by Gasteiger charge is 2.39. The molecule has 0 aromatic heterocycles. The summed E-state index contributed by atoms with van der Waals surface area (Å²) in [7, 11) is 0. The molecular formula is C12H21NO4. The fourth-order valence-electron chi connectivity index (χ4n) is 1.78. The number of carbonyl (C=O) groups is 2. The lowest BCUT2D eigenvalue weighted by molar-refractivity contribution is -0.127. The van der Waals surface area contributed by atoms with Crippen LogP contribution < -0.4 is 5.32 Å². The van der Waals surface area contributed by atoms with Crippen LogP contribution in [0.1, 0.15) is 40.5 Å². The van der Waals surface area contributed by atoms with E-state index in [1.54, 1.807) is 20.8 Å². The molecule has 0 radical (unpaired) electrons. The van der Waals surface area contributed by atoms with Gasteiger partial charge in [-0.15, -0.1) is 0 Å². The summed E-state index contributed by atoms with van der Waals surface area (Å²) >= 11 is 0. The van der Waals surface area contributed by atoms with Gasteiger partial charge in [0, 0.05) is 26.1 Å². The Hall–Kier alpha value is -1.10. The standard InChI is InChI=1S/C12H21NO4/c1-9(14)12(5-7-16-8-6-12)13-10(15)17-11(2,3)4/h5-8H2,1-4H3,(H,13,15). The minimum Gasteiger partial charge on any atom is -0.444 e. The molecule has 0 saturated carbocycles. The molecule has 5 nitrogen and oxygen atoms in total. The molecule has 1 fully saturated rings. The summed E-state index contributed by atoms with van der Waals surface area (Å²) in [6.07, 6.45) is 0.456. The van der Waals surface area contributed by atoms with Crippen LogP contribution in [-0.2, 0) is 14.3 Å². The average Bonchev–Trinajstić information content (AvgIpc) is 2.15. The molecule has 1 aliphatic rings. The van der Waals surface area contributed by atoms with Crippen molar-refractivity contribution in [3.05, 3.63) is 0 Å². The van der Waals surface area contributed by atoms with E-state index in [1.807, 2.05) is 0 Å². The third kappa shape index (κ3) is 4.00. The van der Waals surface area contributed by atoms with E-state index in [4.69, 9.17) is 9.47 Å². The number of hydrogen-bond acceptors (Lipinski definition) is 4. The van der Waals surface area contributed by atoms with E-state index >= 15 is 0 Å². The molecule has 0 aliphatic carbocycles. The van der Waals surface area contributed by atoms with E-state index in [-0.39, 0.29) is 5.78 Å². The van der Waals surface area contributed by atoms with Gasteiger partial charge in [0.1, 0.15) is 11.1 Å². The number of nitrogens with one attached hydrogen (secondary N) is 1. The van der Waals surface area contributed by atoms with Gasteiger partial charge in [0.2, 0.25) is 0 Å². The number of ether oxygens (including phenoxy) is 2. The monoisotopic (exact) mass is 243 g/mol. The first-order valence-electron chi connectivity index (χ1n) is 5.85. The highest BCUT2D eigenvalue weighted by Crippen LogP contribution is 2.22. The third-order valence-electron chi connectivity index (χ3n) is 2.76. The SMILES string of the molecule is CC(=O)C1(NC(=O)OC(C)(C)C)CCOCC1. The third-order valence-corrected chi connectivity index (χ3v) is 2.76. The fourth-order valence-corrected chi connectivity index (χ4v) is 1.78. The Bertz CT molecular complexity index is 300. The van der Waals surface area contributed by atoms with Gasteiger partial charge in [0.05, 0.1) is 0 Å². The molecule has 1 N–H and O–H groups in total. The lowest BCUT2D eigenvalue weighted by atomic mass is 9.86. The molecule has 17 heavy (non-hydrogen) atoms. The molecule has 0 aromatic rings. The highest BCUT2D eigenvalue weighted by atomic mass is 16.6. The zero-order chi connectivity index (χ0) is 13.1. The number of amides is 1. The first-order valence-corrected chi connectivity index (χ1v) is 5.85. The number of rotatable bonds is 2. The maximum Gasteiger partial charge on any atom is 0.408 e. The lowest BCUT2D eigenvalue weighted by Crippen LogP contribution is -2.57. The van der Waals surface area contributed by atoms with Crippen LogP contribution >= 0.6 is 0 Å². The zero-order valence-corrected chi connectivity index (χ0v) is 11.0. The Kier molecular flexibility index (Phi) is 4.14. The summed E-state index contributed by atoms with van der Waals surface area (Å²) < 4.78 is 10.4. The van der Waals surface area contributed by atoms with Crippen LogP contribution in [0.4, 0.5) is 4.79 Å². The molecule has 0 aromatic carbocycles. The Morgan fingerprint density at radius 2 is 1.76 bits per heavy atom. The van der Waals surface area contributed by atoms with Gasteiger partial charge < -0.3 is 14.8 Å². The van der Waals surface area contributed by atoms with Gasteiger partial charge >= 0.3 is 6.09 Å². The molecule has 0 bridgehead atoms. The first-order chi connectivity index (χ1) is 7.75. The molecule has 0 unspecified atom stereocenters. The summed E-state index contributed by atoms with van der Waals surface area (Å²) in [5.74, 6) is -0.0494. The molecule has 1 rings (SSSR count). The summed E-state index contributed by atoms with van der Waals surface area (Å²) in [5, 5.41) is 2.70. The van der Waals surface area contributed by atoms with Crippen molar-refractivity contribution in [2.75, 3.05) is 13.2 Å². The van der Waals surface area contributed by atoms with Gasteiger partial charge in [-0.05, 0) is 27.7 Å². The molecule has 1 amide bonds. The predicted molar refractivity (Wildman–Crippen MR) is 62.8 cm³/mol. The minimum absolute atomic E-state index is 0.0494. The smallest absolute Gasteiger partial charge is 0.408 e. The van der Waals surface area contributed by atoms with E-state index in [2.05, 4.69) is 5.32 Å². The summed E-state index contributed by atoms with van der Waals surface area (Å²) in [5.41, 5.74) is -1.38. The summed E-state index contributed by atoms with van der Waals surface area (Å²) in [6, 6.07) is 0. The van der Waals surface area contributed by atoms with Crippen LogP contribution in [0.2, 0.25) is 0 Å². The van der Waals surface area contributed by atoms with Crippen molar-refractivity contribution in [3.63, 3.8) is 0 Å². The topological polar surface area (TPSA) is 64.6 Å². The van der Waals surface area contributed by atoms with Crippen molar-refractivity contribution >= 4 is 11.9 Å². The summed E-state index contributed by atoms with van der Waals surface area (Å²) in [6.45, 7) is 7.82. The normalized spacial score (nSPS) is 19.5. The van der Waals surface area contributed by atoms with Crippen molar-refractivity contribution in [2.24, 2.45) is 0 Å². The molecule has 1 aliphatic heterocycles. The Balaban J connectivity index is 2.67. The fraction of sp³-hybridized carbons (Fsp3) is 0.833. The minimum atomic E-state index is -0.819. The Morgan fingerprint density at radius 3 is 2.18 bits per heavy atom. The number of ketones is 1. The van der Waals surface area contributed by atoms with Gasteiger partial charge in [0.25, 0.3) is 0 Å². The number of carbonyl (C=O) groups excluding carboxylic acids is 2. The second kappa shape index (κ2) is 5.04. The van der Waals surface area contributed by atoms with Gasteiger partial charge in [0.15, 0.2) is 5.78 Å². The van der Waals surface area contributed by atoms with Crippen LogP contribution in [0.25, 0.3) is 0 Å². The largest absolute Gasteiger partial charge is 0.444 e. The maximum absolute atomic E-state index is 11.7. The number of Topliss-reactive ketones (excluding diaryl/α,β-unsaturated/α-hetero) is 1. The molecule has 5 heteroatoms. The van der Waals surface area contributed by atoms with Crippen molar-refractivity contribution in [1.29, 1.82) is 0 Å². The van der Waals surface area contributed by atoms with Crippen LogP contribution in [-0.4, -0.2) is 36.2 Å². The second-order valence-electron chi connectivity index (χ2n) is 5.38. The van der Waals surface area contributed by atoms with Gasteiger partial charge in [-0.1, -0.05) is 0 Å². The van der Waals surface area contributed by atoms with Gasteiger partial charge in [-0.3, -0.25) is 4.79 Å². The van der Waals surface area contributed by atoms with Crippen LogP contribution in [0.3, 0.4) is 0 Å². The molecule has 0 atom stereocenters. The molecular weight excluding hydrogens is 222 g/mol. The number of alkyl carbamates (subject to hydrolysis) is 1. The Labute approximate surface area is 102 Å². The van der Waals surface area contributed by atoms with E-state index < -0.39 is 17.2 Å². The van der Waals surface area contributed by atoms with Crippen molar-refractivity contribution in [2.45, 2.75) is 51.7 Å². The first kappa shape index (κ1) is 14.0. The summed E-state index contributed by atoms with van der Waals surface area (Å²) in [4.78, 5) is 23.4. The number of hydrogen-bond donors (Lipinski definition) is 1. The molecule has 1 saturated heterocycles. The molecule has 0 spiro atoms. The highest BCUT2D eigenvalue weighted by molar-refractivity contribution is 5.90. The Morgan fingerprint density at radius 1 is 1.24 bits per heavy atom. The van der Waals surface area contributed by atoms with E-state index in [9.17, 15) is 9.59 Å². The van der Waals surface area contributed by atoms with Crippen molar-refractivity contribution < 1.29 is 19.1 Å². The molecule has 98 valence electrons. The maximum atomic E-state index is 11.7. The second-order valence-corrected chi connectivity index (χ2v) is 5.38. The van der Waals surface area contributed by atoms with Gasteiger partial charge in [-0.2, -0.15) is 0 Å². The average molecular weight is 243 g/mol. The predicted octanol–water partition coefficient (Wildman–Crippen LogP) is 1.65. The van der Waals surface area contributed by atoms with Crippen LogP contribution in [0, 0.1) is 0 Å². The van der Waals surface area contributed by atoms with Crippen molar-refractivity contribution in [1.82, 2.24) is 5.32 Å². The van der Waals surface area contributed by atoms with Crippen LogP contribution in [0.15, 0.2) is 0 Å². The van der Waals surface area contributed by atoms with E-state index in [0.717, 1.165) is 0 Å².